The van der Waals surface area contributed by atoms with Gasteiger partial charge in [0.25, 0.3) is 0 Å². The molecule has 0 spiro atoms. The first-order chi connectivity index (χ1) is 44.4. The van der Waals surface area contributed by atoms with Gasteiger partial charge in [-0.25, -0.2) is 19.2 Å². The summed E-state index contributed by atoms with van der Waals surface area (Å²) in [5, 5.41) is 3.28. The normalized spacial score (nSPS) is 11.1. The van der Waals surface area contributed by atoms with Crippen molar-refractivity contribution in [3.05, 3.63) is 296 Å². The maximum Gasteiger partial charge on any atom is 0.344 e. The third-order valence-corrected chi connectivity index (χ3v) is 15.8. The lowest BCUT2D eigenvalue weighted by molar-refractivity contribution is 0.414. The minimum atomic E-state index is -0.420. The van der Waals surface area contributed by atoms with Crippen molar-refractivity contribution in [2.24, 2.45) is 0 Å². The van der Waals surface area contributed by atoms with Crippen molar-refractivity contribution in [2.45, 2.75) is 0 Å². The molecule has 0 bridgehead atoms. The van der Waals surface area contributed by atoms with E-state index in [1.165, 1.54) is 0 Å². The van der Waals surface area contributed by atoms with Crippen molar-refractivity contribution in [3.8, 4) is 61.8 Å². The van der Waals surface area contributed by atoms with Crippen LogP contribution in [0.5, 0.6) is 17.2 Å². The molecule has 14 nitrogen and oxygen atoms in total. The van der Waals surface area contributed by atoms with E-state index in [4.69, 9.17) is 31.9 Å². The summed E-state index contributed by atoms with van der Waals surface area (Å²) < 4.78 is 38.3. The van der Waals surface area contributed by atoms with Crippen molar-refractivity contribution in [2.75, 3.05) is 50.1 Å². The number of methoxy groups -OCH3 is 3. The van der Waals surface area contributed by atoms with Gasteiger partial charge in [0.1, 0.15) is 39.6 Å². The van der Waals surface area contributed by atoms with Crippen LogP contribution in [0.25, 0.3) is 88.4 Å². The fourth-order valence-electron chi connectivity index (χ4n) is 11.0. The standard InChI is InChI=1S/C39H30N2O5.C38H27NO6/c1-40(2)32-19-13-27-21-34(38(42)45-36(27)23-32)25-9-15-30(16-10-25)41(29-7-5-4-6-8-29)31-17-11-26(12-18-31)35-22-28-14-20-33(44-3)24-37(28)46-39(35)43;1-42-31-18-12-26-20-33(37(40)44-35(26)22-31)24-8-14-29(15-9-24)39(28-6-4-3-5-7-28)30-16-10-25(11-17-30)34-21-27-13-19-32(43-2)23-36(27)45-38(34)41/h4-24H,1-3H3;3-23H,1-2H3. The fraction of sp³-hybridized carbons (Fsp3) is 0.0649. The molecule has 0 radical (unpaired) electrons. The Kier molecular flexibility index (Phi) is 15.8. The van der Waals surface area contributed by atoms with Gasteiger partial charge in [-0.1, -0.05) is 84.9 Å². The molecule has 0 atom stereocenters. The summed E-state index contributed by atoms with van der Waals surface area (Å²) in [5.74, 6) is 1.87. The smallest absolute Gasteiger partial charge is 0.344 e. The van der Waals surface area contributed by atoms with Gasteiger partial charge in [0.2, 0.25) is 0 Å². The van der Waals surface area contributed by atoms with Crippen LogP contribution in [-0.4, -0.2) is 35.4 Å². The Morgan fingerprint density at radius 2 is 0.505 bits per heavy atom. The first-order valence-electron chi connectivity index (χ1n) is 29.1. The minimum absolute atomic E-state index is 0.385. The minimum Gasteiger partial charge on any atom is -0.497 e. The number of hydrogen-bond acceptors (Lipinski definition) is 14. The molecule has 0 fully saturated rings. The van der Waals surface area contributed by atoms with E-state index in [1.807, 2.05) is 256 Å². The third-order valence-electron chi connectivity index (χ3n) is 15.8. The Bertz CT molecular complexity index is 5090. The summed E-state index contributed by atoms with van der Waals surface area (Å²) in [5.41, 5.74) is 11.7. The van der Waals surface area contributed by atoms with Gasteiger partial charge < -0.3 is 46.6 Å². The monoisotopic (exact) mass is 1200 g/mol. The number of nitrogens with zero attached hydrogens (tertiary/aromatic N) is 3. The van der Waals surface area contributed by atoms with Crippen LogP contribution in [0, 0.1) is 0 Å². The number of anilines is 7. The van der Waals surface area contributed by atoms with Crippen LogP contribution in [0.1, 0.15) is 0 Å². The summed E-state index contributed by atoms with van der Waals surface area (Å²) in [6, 6.07) is 80.7. The van der Waals surface area contributed by atoms with E-state index < -0.39 is 16.9 Å². The highest BCUT2D eigenvalue weighted by molar-refractivity contribution is 5.89. The van der Waals surface area contributed by atoms with Gasteiger partial charge >= 0.3 is 22.5 Å². The molecule has 0 unspecified atom stereocenters. The lowest BCUT2D eigenvalue weighted by Gasteiger charge is -2.25. The summed E-state index contributed by atoms with van der Waals surface area (Å²) in [4.78, 5) is 58.0. The molecule has 0 amide bonds. The molecule has 0 saturated carbocycles. The first kappa shape index (κ1) is 57.9. The predicted octanol–water partition coefficient (Wildman–Crippen LogP) is 17.5. The molecule has 4 aromatic heterocycles. The molecule has 14 rings (SSSR count). The van der Waals surface area contributed by atoms with Crippen LogP contribution in [0.15, 0.2) is 292 Å². The largest absolute Gasteiger partial charge is 0.497 e. The lowest BCUT2D eigenvalue weighted by atomic mass is 10.0. The highest BCUT2D eigenvalue weighted by Crippen LogP contribution is 2.39. The summed E-state index contributed by atoms with van der Waals surface area (Å²) in [6.07, 6.45) is 0. The van der Waals surface area contributed by atoms with Crippen molar-refractivity contribution >= 4 is 83.7 Å². The number of benzene rings is 10. The number of fused-ring (bicyclic) bond motifs is 4. The highest BCUT2D eigenvalue weighted by Gasteiger charge is 2.19. The second-order valence-electron chi connectivity index (χ2n) is 21.6. The molecule has 0 saturated heterocycles. The van der Waals surface area contributed by atoms with E-state index in [9.17, 15) is 19.2 Å². The number of rotatable bonds is 14. The van der Waals surface area contributed by atoms with Crippen LogP contribution < -0.4 is 51.4 Å². The van der Waals surface area contributed by atoms with Crippen LogP contribution in [0.4, 0.5) is 39.8 Å². The topological polar surface area (TPSA) is 158 Å². The van der Waals surface area contributed by atoms with Crippen molar-refractivity contribution in [1.82, 2.24) is 0 Å². The van der Waals surface area contributed by atoms with E-state index in [0.717, 1.165) is 83.6 Å². The zero-order valence-electron chi connectivity index (χ0n) is 50.1. The molecule has 0 aliphatic rings. The van der Waals surface area contributed by atoms with Crippen molar-refractivity contribution in [1.29, 1.82) is 0 Å². The van der Waals surface area contributed by atoms with Gasteiger partial charge in [-0.15, -0.1) is 0 Å². The highest BCUT2D eigenvalue weighted by atomic mass is 16.5. The number of hydrogen-bond donors (Lipinski definition) is 0. The van der Waals surface area contributed by atoms with Crippen LogP contribution >= 0.6 is 0 Å². The Morgan fingerprint density at radius 1 is 0.264 bits per heavy atom. The van der Waals surface area contributed by atoms with Gasteiger partial charge in [-0.3, -0.25) is 0 Å². The molecule has 4 heterocycles. The molecule has 0 aliphatic carbocycles. The zero-order chi connectivity index (χ0) is 62.7. The molecule has 0 aliphatic heterocycles. The van der Waals surface area contributed by atoms with Crippen molar-refractivity contribution in [3.63, 3.8) is 0 Å². The fourth-order valence-corrected chi connectivity index (χ4v) is 11.0. The first-order valence-corrected chi connectivity index (χ1v) is 29.1. The third kappa shape index (κ3) is 11.9. The second kappa shape index (κ2) is 24.9. The Hall–Kier alpha value is -12.2. The van der Waals surface area contributed by atoms with E-state index in [-0.39, 0.29) is 5.63 Å². The average Bonchev–Trinajstić information content (AvgIpc) is 1.21. The maximum atomic E-state index is 13.0. The number of para-hydroxylation sites is 2. The van der Waals surface area contributed by atoms with Crippen LogP contribution in [0.2, 0.25) is 0 Å². The van der Waals surface area contributed by atoms with Gasteiger partial charge in [0, 0.05) is 99.7 Å². The summed E-state index contributed by atoms with van der Waals surface area (Å²) >= 11 is 0. The number of ether oxygens (including phenoxy) is 3. The van der Waals surface area contributed by atoms with Gasteiger partial charge in [-0.2, -0.15) is 0 Å². The second-order valence-corrected chi connectivity index (χ2v) is 21.6. The Morgan fingerprint density at radius 3 is 0.769 bits per heavy atom. The quantitative estimate of drug-likeness (QED) is 0.0947. The average molecular weight is 1200 g/mol. The SMILES string of the molecule is COc1ccc2cc(-c3ccc(N(c4ccccc4)c4ccc(-c5cc6ccc(N(C)C)cc6oc5=O)cc4)cc3)c(=O)oc2c1.COc1ccc2cc(-c3ccc(N(c4ccccc4)c4ccc(-c5cc6ccc(OC)cc6oc5=O)cc4)cc3)c(=O)oc2c1. The molecular weight excluding hydrogens is 1140 g/mol. The molecular formula is C77H57N3O11. The molecule has 14 heteroatoms. The molecule has 91 heavy (non-hydrogen) atoms. The van der Waals surface area contributed by atoms with Crippen molar-refractivity contribution < 1.29 is 31.9 Å². The molecule has 446 valence electrons. The van der Waals surface area contributed by atoms with E-state index in [1.54, 1.807) is 39.5 Å². The van der Waals surface area contributed by atoms with Gasteiger partial charge in [-0.05, 0) is 168 Å². The van der Waals surface area contributed by atoms with Crippen LogP contribution in [0.3, 0.4) is 0 Å². The summed E-state index contributed by atoms with van der Waals surface area (Å²) in [7, 11) is 8.62. The van der Waals surface area contributed by atoms with Gasteiger partial charge in [0.15, 0.2) is 0 Å². The Labute approximate surface area is 521 Å². The lowest BCUT2D eigenvalue weighted by Crippen LogP contribution is -2.10. The molecule has 10 aromatic carbocycles. The van der Waals surface area contributed by atoms with Gasteiger partial charge in [0.05, 0.1) is 43.6 Å². The molecule has 0 N–H and O–H groups in total. The van der Waals surface area contributed by atoms with E-state index >= 15 is 0 Å². The van der Waals surface area contributed by atoms with E-state index in [0.29, 0.717) is 61.8 Å². The van der Waals surface area contributed by atoms with E-state index in [2.05, 4.69) is 9.80 Å². The molecule has 14 aromatic rings. The predicted molar refractivity (Wildman–Crippen MR) is 362 cm³/mol. The summed E-state index contributed by atoms with van der Waals surface area (Å²) in [6.45, 7) is 0. The van der Waals surface area contributed by atoms with Crippen LogP contribution in [-0.2, 0) is 0 Å². The zero-order valence-corrected chi connectivity index (χ0v) is 50.1. The maximum absolute atomic E-state index is 13.0. The Balaban J connectivity index is 0.000000167.